The first-order valence-electron chi connectivity index (χ1n) is 7.32. The molecule has 0 bridgehead atoms. The Bertz CT molecular complexity index is 638. The summed E-state index contributed by atoms with van der Waals surface area (Å²) in [5.74, 6) is 0.0906. The first kappa shape index (κ1) is 14.1. The maximum absolute atomic E-state index is 12.8. The number of hydrogen-bond donors (Lipinski definition) is 1. The molecule has 2 aromatic rings. The summed E-state index contributed by atoms with van der Waals surface area (Å²) in [6, 6.07) is 3.94. The van der Waals surface area contributed by atoms with Gasteiger partial charge in [0, 0.05) is 30.7 Å². The summed E-state index contributed by atoms with van der Waals surface area (Å²) in [4.78, 5) is 20.2. The van der Waals surface area contributed by atoms with E-state index in [1.165, 1.54) is 10.4 Å². The monoisotopic (exact) mass is 301 g/mol. The van der Waals surface area contributed by atoms with E-state index in [1.807, 2.05) is 11.0 Å². The molecule has 21 heavy (non-hydrogen) atoms. The topological polar surface area (TPSA) is 45.2 Å². The highest BCUT2D eigenvalue weighted by molar-refractivity contribution is 7.10. The highest BCUT2D eigenvalue weighted by Gasteiger charge is 2.24. The van der Waals surface area contributed by atoms with Gasteiger partial charge in [0.15, 0.2) is 0 Å². The van der Waals surface area contributed by atoms with Gasteiger partial charge in [-0.1, -0.05) is 6.92 Å². The molecular formula is C16H19N3OS. The van der Waals surface area contributed by atoms with Crippen molar-refractivity contribution >= 4 is 22.9 Å². The summed E-state index contributed by atoms with van der Waals surface area (Å²) in [5, 5.41) is 5.40. The minimum absolute atomic E-state index is 0.0906. The van der Waals surface area contributed by atoms with Gasteiger partial charge in [-0.15, -0.1) is 11.3 Å². The Balaban J connectivity index is 1.80. The van der Waals surface area contributed by atoms with Crippen LogP contribution in [0.25, 0.3) is 0 Å². The van der Waals surface area contributed by atoms with Crippen LogP contribution in [0.15, 0.2) is 29.9 Å². The lowest BCUT2D eigenvalue weighted by molar-refractivity contribution is 0.0736. The summed E-state index contributed by atoms with van der Waals surface area (Å²) in [7, 11) is 0. The number of pyridine rings is 1. The maximum Gasteiger partial charge on any atom is 0.256 e. The van der Waals surface area contributed by atoms with E-state index in [-0.39, 0.29) is 5.91 Å². The molecule has 0 radical (unpaired) electrons. The van der Waals surface area contributed by atoms with Crippen molar-refractivity contribution in [2.45, 2.75) is 26.3 Å². The predicted molar refractivity (Wildman–Crippen MR) is 85.8 cm³/mol. The van der Waals surface area contributed by atoms with Crippen molar-refractivity contribution < 1.29 is 4.79 Å². The molecule has 0 unspecified atom stereocenters. The lowest BCUT2D eigenvalue weighted by atomic mass is 10.1. The number of amides is 1. The van der Waals surface area contributed by atoms with Crippen LogP contribution in [0, 0.1) is 0 Å². The van der Waals surface area contributed by atoms with E-state index in [1.54, 1.807) is 23.7 Å². The highest BCUT2D eigenvalue weighted by atomic mass is 32.1. The van der Waals surface area contributed by atoms with Crippen molar-refractivity contribution in [3.63, 3.8) is 0 Å². The van der Waals surface area contributed by atoms with Crippen LogP contribution in [-0.4, -0.2) is 28.9 Å². The molecule has 5 heteroatoms. The third-order valence-corrected chi connectivity index (χ3v) is 4.73. The van der Waals surface area contributed by atoms with Gasteiger partial charge in [0.05, 0.1) is 17.4 Å². The molecule has 0 spiro atoms. The lowest BCUT2D eigenvalue weighted by Gasteiger charge is -2.27. The zero-order chi connectivity index (χ0) is 14.7. The number of carbonyl (C=O) groups excluding carboxylic acids is 1. The summed E-state index contributed by atoms with van der Waals surface area (Å²) in [6.45, 7) is 4.46. The second kappa shape index (κ2) is 6.26. The standard InChI is InChI=1S/C16H19N3OS/c1-2-6-18-14-10-17-7-3-13(14)16(20)19-8-4-15-12(11-19)5-9-21-15/h3,5,7,9-10,18H,2,4,6,8,11H2,1H3. The van der Waals surface area contributed by atoms with Crippen LogP contribution in [0.5, 0.6) is 0 Å². The fourth-order valence-corrected chi connectivity index (χ4v) is 3.46. The van der Waals surface area contributed by atoms with E-state index in [2.05, 4.69) is 28.7 Å². The average molecular weight is 301 g/mol. The van der Waals surface area contributed by atoms with E-state index in [9.17, 15) is 4.79 Å². The molecule has 1 amide bonds. The van der Waals surface area contributed by atoms with Crippen LogP contribution in [0.4, 0.5) is 5.69 Å². The molecule has 0 aromatic carbocycles. The third-order valence-electron chi connectivity index (χ3n) is 3.71. The molecule has 4 nitrogen and oxygen atoms in total. The number of nitrogens with one attached hydrogen (secondary N) is 1. The maximum atomic E-state index is 12.8. The molecule has 3 heterocycles. The van der Waals surface area contributed by atoms with Crippen molar-refractivity contribution in [1.29, 1.82) is 0 Å². The van der Waals surface area contributed by atoms with Crippen LogP contribution in [0.3, 0.4) is 0 Å². The van der Waals surface area contributed by atoms with Crippen LogP contribution < -0.4 is 5.32 Å². The molecule has 1 aliphatic heterocycles. The Hall–Kier alpha value is -1.88. The predicted octanol–water partition coefficient (Wildman–Crippen LogP) is 3.16. The minimum atomic E-state index is 0.0906. The molecule has 0 aliphatic carbocycles. The Morgan fingerprint density at radius 3 is 3.24 bits per heavy atom. The molecule has 110 valence electrons. The zero-order valence-electron chi connectivity index (χ0n) is 12.1. The molecule has 1 N–H and O–H groups in total. The van der Waals surface area contributed by atoms with Crippen molar-refractivity contribution in [2.24, 2.45) is 0 Å². The van der Waals surface area contributed by atoms with E-state index in [4.69, 9.17) is 0 Å². The minimum Gasteiger partial charge on any atom is -0.383 e. The number of anilines is 1. The highest BCUT2D eigenvalue weighted by Crippen LogP contribution is 2.26. The Morgan fingerprint density at radius 1 is 1.48 bits per heavy atom. The van der Waals surface area contributed by atoms with Gasteiger partial charge < -0.3 is 10.2 Å². The number of carbonyl (C=O) groups is 1. The van der Waals surface area contributed by atoms with Crippen LogP contribution in [0.1, 0.15) is 34.1 Å². The quantitative estimate of drug-likeness (QED) is 0.943. The van der Waals surface area contributed by atoms with Gasteiger partial charge in [0.1, 0.15) is 0 Å². The number of hydrogen-bond acceptors (Lipinski definition) is 4. The normalized spacial score (nSPS) is 13.9. The van der Waals surface area contributed by atoms with Gasteiger partial charge in [-0.2, -0.15) is 0 Å². The fourth-order valence-electron chi connectivity index (χ4n) is 2.57. The number of rotatable bonds is 4. The van der Waals surface area contributed by atoms with Crippen LogP contribution >= 0.6 is 11.3 Å². The Labute approximate surface area is 128 Å². The zero-order valence-corrected chi connectivity index (χ0v) is 12.9. The SMILES string of the molecule is CCCNc1cnccc1C(=O)N1CCc2sccc2C1. The van der Waals surface area contributed by atoms with Gasteiger partial charge in [-0.25, -0.2) is 0 Å². The van der Waals surface area contributed by atoms with Crippen LogP contribution in [-0.2, 0) is 13.0 Å². The van der Waals surface area contributed by atoms with Gasteiger partial charge in [0.2, 0.25) is 0 Å². The van der Waals surface area contributed by atoms with Gasteiger partial charge >= 0.3 is 0 Å². The lowest BCUT2D eigenvalue weighted by Crippen LogP contribution is -2.35. The fraction of sp³-hybridized carbons (Fsp3) is 0.375. The number of aromatic nitrogens is 1. The summed E-state index contributed by atoms with van der Waals surface area (Å²) in [5.41, 5.74) is 2.84. The van der Waals surface area contributed by atoms with Gasteiger partial charge in [0.25, 0.3) is 5.91 Å². The first-order chi connectivity index (χ1) is 10.3. The Kier molecular flexibility index (Phi) is 4.20. The molecule has 2 aromatic heterocycles. The van der Waals surface area contributed by atoms with Crippen molar-refractivity contribution in [1.82, 2.24) is 9.88 Å². The molecule has 0 saturated heterocycles. The first-order valence-corrected chi connectivity index (χ1v) is 8.20. The smallest absolute Gasteiger partial charge is 0.256 e. The van der Waals surface area contributed by atoms with Crippen molar-refractivity contribution in [2.75, 3.05) is 18.4 Å². The van der Waals surface area contributed by atoms with Gasteiger partial charge in [-0.05, 0) is 35.9 Å². The molecular weight excluding hydrogens is 282 g/mol. The molecule has 3 rings (SSSR count). The number of fused-ring (bicyclic) bond motifs is 1. The molecule has 0 atom stereocenters. The second-order valence-electron chi connectivity index (χ2n) is 5.19. The van der Waals surface area contributed by atoms with E-state index >= 15 is 0 Å². The molecule has 0 saturated carbocycles. The summed E-state index contributed by atoms with van der Waals surface area (Å²) >= 11 is 1.79. The molecule has 1 aliphatic rings. The van der Waals surface area contributed by atoms with Gasteiger partial charge in [-0.3, -0.25) is 9.78 Å². The second-order valence-corrected chi connectivity index (χ2v) is 6.19. The van der Waals surface area contributed by atoms with E-state index in [0.29, 0.717) is 6.54 Å². The number of nitrogens with zero attached hydrogens (tertiary/aromatic N) is 2. The van der Waals surface area contributed by atoms with Crippen molar-refractivity contribution in [3.05, 3.63) is 45.9 Å². The van der Waals surface area contributed by atoms with E-state index < -0.39 is 0 Å². The molecule has 0 fully saturated rings. The summed E-state index contributed by atoms with van der Waals surface area (Å²) < 4.78 is 0. The average Bonchev–Trinajstić information content (AvgIpc) is 3.00. The number of thiophene rings is 1. The largest absolute Gasteiger partial charge is 0.383 e. The third kappa shape index (κ3) is 2.93. The van der Waals surface area contributed by atoms with Crippen molar-refractivity contribution in [3.8, 4) is 0 Å². The van der Waals surface area contributed by atoms with Crippen LogP contribution in [0.2, 0.25) is 0 Å². The van der Waals surface area contributed by atoms with E-state index in [0.717, 1.165) is 37.2 Å². The summed E-state index contributed by atoms with van der Waals surface area (Å²) in [6.07, 6.45) is 5.40. The Morgan fingerprint density at radius 2 is 2.38 bits per heavy atom.